The molecule has 88 valence electrons. The van der Waals surface area contributed by atoms with Crippen molar-refractivity contribution in [2.24, 2.45) is 5.73 Å². The third-order valence-corrected chi connectivity index (χ3v) is 2.14. The van der Waals surface area contributed by atoms with Gasteiger partial charge in [-0.15, -0.1) is 0 Å². The Morgan fingerprint density at radius 3 is 2.62 bits per heavy atom. The molecule has 5 heteroatoms. The molecule has 0 heterocycles. The minimum atomic E-state index is -2.46. The van der Waals surface area contributed by atoms with E-state index in [1.807, 2.05) is 0 Å². The Balaban J connectivity index is 2.82. The van der Waals surface area contributed by atoms with Crippen molar-refractivity contribution in [1.82, 2.24) is 0 Å². The zero-order chi connectivity index (χ0) is 12.1. The average Bonchev–Trinajstić information content (AvgIpc) is 2.20. The summed E-state index contributed by atoms with van der Waals surface area (Å²) in [5.41, 5.74) is 6.22. The zero-order valence-corrected chi connectivity index (χ0v) is 8.91. The number of anilines is 1. The number of hydrogen-bond acceptors (Lipinski definition) is 2. The van der Waals surface area contributed by atoms with Crippen molar-refractivity contribution in [2.45, 2.75) is 25.8 Å². The van der Waals surface area contributed by atoms with Crippen LogP contribution in [0, 0.1) is 0 Å². The van der Waals surface area contributed by atoms with Crippen LogP contribution in [0.1, 0.15) is 12.5 Å². The Bertz CT molecular complexity index is 369. The second-order valence-electron chi connectivity index (χ2n) is 3.57. The normalized spacial score (nSPS) is 12.5. The second kappa shape index (κ2) is 5.44. The number of nitrogens with two attached hydrogens (primary N) is 1. The molecule has 3 N–H and O–H groups in total. The first-order valence-electron chi connectivity index (χ1n) is 4.91. The van der Waals surface area contributed by atoms with Gasteiger partial charge in [0, 0.05) is 5.69 Å². The smallest absolute Gasteiger partial charge is 0.258 e. The lowest BCUT2D eigenvalue weighted by atomic mass is 10.1. The third kappa shape index (κ3) is 3.49. The molecule has 0 spiro atoms. The fourth-order valence-electron chi connectivity index (χ4n) is 1.31. The lowest BCUT2D eigenvalue weighted by molar-refractivity contribution is -0.117. The molecule has 1 amide bonds. The van der Waals surface area contributed by atoms with Crippen molar-refractivity contribution in [2.75, 3.05) is 5.32 Å². The standard InChI is InChI=1S/C11H14F2N2O/c1-7(11(12)13)15-9-5-3-2-4-8(9)6-10(14)16/h2-5,7,11,15H,6H2,1H3,(H2,14,16). The molecular formula is C11H14F2N2O. The highest BCUT2D eigenvalue weighted by Gasteiger charge is 2.15. The summed E-state index contributed by atoms with van der Waals surface area (Å²) in [7, 11) is 0. The van der Waals surface area contributed by atoms with Crippen molar-refractivity contribution in [3.05, 3.63) is 29.8 Å². The van der Waals surface area contributed by atoms with Crippen LogP contribution >= 0.6 is 0 Å². The van der Waals surface area contributed by atoms with Crippen LogP contribution in [0.15, 0.2) is 24.3 Å². The maximum Gasteiger partial charge on any atom is 0.258 e. The molecular weight excluding hydrogens is 214 g/mol. The summed E-state index contributed by atoms with van der Waals surface area (Å²) in [5.74, 6) is -0.487. The van der Waals surface area contributed by atoms with Crippen LogP contribution in [0.4, 0.5) is 14.5 Å². The van der Waals surface area contributed by atoms with Crippen molar-refractivity contribution in [1.29, 1.82) is 0 Å². The van der Waals surface area contributed by atoms with E-state index in [2.05, 4.69) is 5.32 Å². The Morgan fingerprint density at radius 1 is 1.44 bits per heavy atom. The second-order valence-corrected chi connectivity index (χ2v) is 3.57. The molecule has 0 bridgehead atoms. The number of benzene rings is 1. The summed E-state index contributed by atoms with van der Waals surface area (Å²) in [6.45, 7) is 1.38. The summed E-state index contributed by atoms with van der Waals surface area (Å²) in [5, 5.41) is 2.66. The van der Waals surface area contributed by atoms with Crippen LogP contribution in [0.25, 0.3) is 0 Å². The van der Waals surface area contributed by atoms with E-state index in [0.29, 0.717) is 11.3 Å². The van der Waals surface area contributed by atoms with E-state index in [4.69, 9.17) is 5.73 Å². The van der Waals surface area contributed by atoms with Crippen molar-refractivity contribution >= 4 is 11.6 Å². The molecule has 1 rings (SSSR count). The molecule has 0 aliphatic carbocycles. The van der Waals surface area contributed by atoms with E-state index >= 15 is 0 Å². The molecule has 3 nitrogen and oxygen atoms in total. The Hall–Kier alpha value is -1.65. The number of rotatable bonds is 5. The highest BCUT2D eigenvalue weighted by Crippen LogP contribution is 2.18. The highest BCUT2D eigenvalue weighted by atomic mass is 19.3. The Morgan fingerprint density at radius 2 is 2.06 bits per heavy atom. The maximum atomic E-state index is 12.4. The molecule has 0 aliphatic heterocycles. The van der Waals surface area contributed by atoms with Gasteiger partial charge in [0.25, 0.3) is 6.43 Å². The lowest BCUT2D eigenvalue weighted by Gasteiger charge is -2.16. The van der Waals surface area contributed by atoms with E-state index in [1.165, 1.54) is 6.92 Å². The predicted octanol–water partition coefficient (Wildman–Crippen LogP) is 1.78. The molecule has 1 aromatic rings. The van der Waals surface area contributed by atoms with E-state index in [0.717, 1.165) is 0 Å². The lowest BCUT2D eigenvalue weighted by Crippen LogP contribution is -2.25. The van der Waals surface area contributed by atoms with Crippen LogP contribution in [0.5, 0.6) is 0 Å². The van der Waals surface area contributed by atoms with Crippen molar-refractivity contribution in [3.63, 3.8) is 0 Å². The SMILES string of the molecule is CC(Nc1ccccc1CC(N)=O)C(F)F. The topological polar surface area (TPSA) is 55.1 Å². The monoisotopic (exact) mass is 228 g/mol. The molecule has 1 unspecified atom stereocenters. The molecule has 16 heavy (non-hydrogen) atoms. The van der Waals surface area contributed by atoms with Crippen molar-refractivity contribution < 1.29 is 13.6 Å². The average molecular weight is 228 g/mol. The van der Waals surface area contributed by atoms with Crippen LogP contribution in [-0.2, 0) is 11.2 Å². The molecule has 0 aromatic heterocycles. The molecule has 0 saturated carbocycles. The van der Waals surface area contributed by atoms with Gasteiger partial charge in [-0.25, -0.2) is 8.78 Å². The van der Waals surface area contributed by atoms with Crippen LogP contribution in [-0.4, -0.2) is 18.4 Å². The van der Waals surface area contributed by atoms with E-state index in [-0.39, 0.29) is 6.42 Å². The van der Waals surface area contributed by atoms with E-state index in [1.54, 1.807) is 24.3 Å². The van der Waals surface area contributed by atoms with E-state index in [9.17, 15) is 13.6 Å². The number of para-hydroxylation sites is 1. The largest absolute Gasteiger partial charge is 0.377 e. The third-order valence-electron chi connectivity index (χ3n) is 2.14. The van der Waals surface area contributed by atoms with Gasteiger partial charge in [0.05, 0.1) is 12.5 Å². The minimum Gasteiger partial charge on any atom is -0.377 e. The van der Waals surface area contributed by atoms with Gasteiger partial charge in [0.15, 0.2) is 0 Å². The zero-order valence-electron chi connectivity index (χ0n) is 8.91. The van der Waals surface area contributed by atoms with Crippen LogP contribution in [0.3, 0.4) is 0 Å². The molecule has 0 saturated heterocycles. The highest BCUT2D eigenvalue weighted by molar-refractivity contribution is 5.78. The predicted molar refractivity (Wildman–Crippen MR) is 58.4 cm³/mol. The van der Waals surface area contributed by atoms with Gasteiger partial charge in [0.2, 0.25) is 5.91 Å². The number of carbonyl (C=O) groups excluding carboxylic acids is 1. The number of hydrogen-bond donors (Lipinski definition) is 2. The number of primary amides is 1. The van der Waals surface area contributed by atoms with Gasteiger partial charge >= 0.3 is 0 Å². The first-order valence-corrected chi connectivity index (χ1v) is 4.91. The van der Waals surface area contributed by atoms with Gasteiger partial charge < -0.3 is 11.1 Å². The van der Waals surface area contributed by atoms with E-state index < -0.39 is 18.4 Å². The molecule has 1 aromatic carbocycles. The fraction of sp³-hybridized carbons (Fsp3) is 0.364. The number of alkyl halides is 2. The number of nitrogens with one attached hydrogen (secondary N) is 1. The van der Waals surface area contributed by atoms with Gasteiger partial charge in [-0.2, -0.15) is 0 Å². The van der Waals surface area contributed by atoms with Gasteiger partial charge in [-0.05, 0) is 18.6 Å². The summed E-state index contributed by atoms with van der Waals surface area (Å²) >= 11 is 0. The Kier molecular flexibility index (Phi) is 4.22. The molecule has 0 fully saturated rings. The van der Waals surface area contributed by atoms with Gasteiger partial charge in [-0.3, -0.25) is 4.79 Å². The number of carbonyl (C=O) groups is 1. The first kappa shape index (κ1) is 12.4. The number of halogens is 2. The van der Waals surface area contributed by atoms with Crippen molar-refractivity contribution in [3.8, 4) is 0 Å². The summed E-state index contributed by atoms with van der Waals surface area (Å²) in [6, 6.07) is 5.82. The summed E-state index contributed by atoms with van der Waals surface area (Å²) < 4.78 is 24.7. The molecule has 1 atom stereocenters. The quantitative estimate of drug-likeness (QED) is 0.807. The van der Waals surface area contributed by atoms with Crippen LogP contribution < -0.4 is 11.1 Å². The maximum absolute atomic E-state index is 12.4. The first-order chi connectivity index (χ1) is 7.50. The molecule has 0 radical (unpaired) electrons. The summed E-state index contributed by atoms with van der Waals surface area (Å²) in [6.07, 6.45) is -2.42. The van der Waals surface area contributed by atoms with Crippen LogP contribution in [0.2, 0.25) is 0 Å². The Labute approximate surface area is 92.6 Å². The number of amides is 1. The fourth-order valence-corrected chi connectivity index (χ4v) is 1.31. The van der Waals surface area contributed by atoms with Gasteiger partial charge in [0.1, 0.15) is 0 Å². The molecule has 0 aliphatic rings. The van der Waals surface area contributed by atoms with Gasteiger partial charge in [-0.1, -0.05) is 18.2 Å². The summed E-state index contributed by atoms with van der Waals surface area (Å²) in [4.78, 5) is 10.8. The minimum absolute atomic E-state index is 0.0408.